The van der Waals surface area contributed by atoms with Crippen LogP contribution in [0.5, 0.6) is 0 Å². The maximum Gasteiger partial charge on any atom is 0.162 e. The number of nitrogens with one attached hydrogen (secondary N) is 3. The number of benzene rings is 1. The van der Waals surface area contributed by atoms with Crippen molar-refractivity contribution in [3.63, 3.8) is 0 Å². The minimum atomic E-state index is -0.928. The molecule has 36 heavy (non-hydrogen) atoms. The van der Waals surface area contributed by atoms with Crippen molar-refractivity contribution in [2.75, 3.05) is 44.8 Å². The molecule has 9 nitrogen and oxygen atoms in total. The molecule has 0 bridgehead atoms. The van der Waals surface area contributed by atoms with Crippen molar-refractivity contribution in [3.8, 4) is 22.6 Å². The Morgan fingerprint density at radius 3 is 2.58 bits per heavy atom. The van der Waals surface area contributed by atoms with Crippen LogP contribution >= 0.6 is 0 Å². The van der Waals surface area contributed by atoms with Crippen LogP contribution in [-0.2, 0) is 17.9 Å². The fourth-order valence-corrected chi connectivity index (χ4v) is 5.29. The summed E-state index contributed by atoms with van der Waals surface area (Å²) in [7, 11) is 1.95. The predicted molar refractivity (Wildman–Crippen MR) is 145 cm³/mol. The van der Waals surface area contributed by atoms with Gasteiger partial charge in [0.05, 0.1) is 17.0 Å². The Morgan fingerprint density at radius 1 is 1.14 bits per heavy atom. The standard InChI is InChI=1S/C26H37N7O2S/c1-17-24(23-18(2)32-35-19(23)3)30-26(21-8-6-7-20(15-21)16-28-12-11-27-4)31-25(17)29-22-9-13-33(14-10-22)36(5)34/h6-8,15,22,27-28H,9-14,16H2,1-5H3,(H,29,30,31). The van der Waals surface area contributed by atoms with Crippen LogP contribution in [0, 0.1) is 20.8 Å². The summed E-state index contributed by atoms with van der Waals surface area (Å²) in [6.45, 7) is 10.1. The Morgan fingerprint density at radius 2 is 1.92 bits per heavy atom. The van der Waals surface area contributed by atoms with E-state index in [2.05, 4.69) is 45.4 Å². The highest BCUT2D eigenvalue weighted by atomic mass is 32.2. The maximum absolute atomic E-state index is 11.9. The molecule has 0 saturated carbocycles. The zero-order valence-corrected chi connectivity index (χ0v) is 22.7. The topological polar surface area (TPSA) is 114 Å². The lowest BCUT2D eigenvalue weighted by molar-refractivity contribution is 0.331. The van der Waals surface area contributed by atoms with Crippen LogP contribution in [0.1, 0.15) is 35.4 Å². The van der Waals surface area contributed by atoms with Crippen LogP contribution in [0.15, 0.2) is 28.8 Å². The van der Waals surface area contributed by atoms with Crippen molar-refractivity contribution in [2.24, 2.45) is 0 Å². The Kier molecular flexibility index (Phi) is 8.97. The summed E-state index contributed by atoms with van der Waals surface area (Å²) >= 11 is -0.928. The monoisotopic (exact) mass is 511 g/mol. The molecule has 0 spiro atoms. The third-order valence-corrected chi connectivity index (χ3v) is 7.73. The van der Waals surface area contributed by atoms with Gasteiger partial charge in [0.2, 0.25) is 0 Å². The zero-order valence-electron chi connectivity index (χ0n) is 21.9. The second-order valence-corrected chi connectivity index (χ2v) is 10.7. The Hall–Kier alpha value is -2.50. The maximum atomic E-state index is 11.9. The van der Waals surface area contributed by atoms with Gasteiger partial charge in [-0.1, -0.05) is 23.4 Å². The summed E-state index contributed by atoms with van der Waals surface area (Å²) in [5.74, 6) is 2.23. The first kappa shape index (κ1) is 26.6. The van der Waals surface area contributed by atoms with Crippen LogP contribution in [0.2, 0.25) is 0 Å². The molecule has 3 aromatic rings. The number of rotatable bonds is 10. The minimum Gasteiger partial charge on any atom is -0.598 e. The third kappa shape index (κ3) is 6.24. The van der Waals surface area contributed by atoms with Crippen LogP contribution in [-0.4, -0.2) is 69.5 Å². The summed E-state index contributed by atoms with van der Waals surface area (Å²) in [5, 5.41) is 14.4. The lowest BCUT2D eigenvalue weighted by Gasteiger charge is -2.31. The highest BCUT2D eigenvalue weighted by molar-refractivity contribution is 7.88. The zero-order chi connectivity index (χ0) is 25.7. The van der Waals surface area contributed by atoms with Gasteiger partial charge in [0, 0.05) is 61.3 Å². The van der Waals surface area contributed by atoms with Gasteiger partial charge in [0.25, 0.3) is 0 Å². The van der Waals surface area contributed by atoms with E-state index >= 15 is 0 Å². The molecule has 4 rings (SSSR count). The van der Waals surface area contributed by atoms with Gasteiger partial charge < -0.3 is 25.0 Å². The number of aromatic nitrogens is 3. The molecule has 1 fully saturated rings. The van der Waals surface area contributed by atoms with E-state index in [9.17, 15) is 4.55 Å². The minimum absolute atomic E-state index is 0.256. The molecule has 1 atom stereocenters. The van der Waals surface area contributed by atoms with E-state index < -0.39 is 11.4 Å². The molecule has 1 aliphatic rings. The molecule has 0 aliphatic carbocycles. The summed E-state index contributed by atoms with van der Waals surface area (Å²) < 4.78 is 19.4. The highest BCUT2D eigenvalue weighted by Gasteiger charge is 2.26. The molecule has 10 heteroatoms. The van der Waals surface area contributed by atoms with E-state index in [1.807, 2.05) is 32.1 Å². The third-order valence-electron chi connectivity index (χ3n) is 6.64. The second kappa shape index (κ2) is 12.2. The van der Waals surface area contributed by atoms with Gasteiger partial charge in [-0.05, 0) is 52.3 Å². The molecule has 1 aromatic carbocycles. The Bertz CT molecular complexity index is 1140. The predicted octanol–water partition coefficient (Wildman–Crippen LogP) is 3.20. The number of nitrogens with zero attached hydrogens (tertiary/aromatic N) is 4. The number of anilines is 1. The summed E-state index contributed by atoms with van der Waals surface area (Å²) in [6.07, 6.45) is 3.56. The number of aryl methyl sites for hydroxylation is 2. The van der Waals surface area contributed by atoms with Crippen molar-refractivity contribution in [2.45, 2.75) is 46.2 Å². The smallest absolute Gasteiger partial charge is 0.162 e. The summed E-state index contributed by atoms with van der Waals surface area (Å²) in [5.41, 5.74) is 5.69. The SMILES string of the molecule is CNCCNCc1cccc(-c2nc(NC3CCN([S+](C)[O-])CC3)c(C)c(-c3c(C)noc3C)n2)c1. The molecule has 3 N–H and O–H groups in total. The van der Waals surface area contributed by atoms with Gasteiger partial charge in [-0.3, -0.25) is 0 Å². The van der Waals surface area contributed by atoms with Crippen molar-refractivity contribution in [3.05, 3.63) is 46.8 Å². The molecular formula is C26H37N7O2S. The Balaban J connectivity index is 1.67. The van der Waals surface area contributed by atoms with Gasteiger partial charge in [0.1, 0.15) is 17.8 Å². The molecule has 1 saturated heterocycles. The highest BCUT2D eigenvalue weighted by Crippen LogP contribution is 2.34. The van der Waals surface area contributed by atoms with Gasteiger partial charge in [-0.25, -0.2) is 9.97 Å². The molecular weight excluding hydrogens is 474 g/mol. The van der Waals surface area contributed by atoms with E-state index in [1.165, 1.54) is 5.56 Å². The van der Waals surface area contributed by atoms with E-state index in [4.69, 9.17) is 14.5 Å². The first-order chi connectivity index (χ1) is 17.4. The molecule has 0 radical (unpaired) electrons. The largest absolute Gasteiger partial charge is 0.598 e. The first-order valence-corrected chi connectivity index (χ1v) is 14.0. The van der Waals surface area contributed by atoms with Crippen LogP contribution in [0.25, 0.3) is 22.6 Å². The fraction of sp³-hybridized carbons (Fsp3) is 0.500. The van der Waals surface area contributed by atoms with E-state index in [0.717, 1.165) is 85.2 Å². The molecule has 2 aromatic heterocycles. The van der Waals surface area contributed by atoms with Gasteiger partial charge >= 0.3 is 0 Å². The fourth-order valence-electron chi connectivity index (χ4n) is 4.57. The van der Waals surface area contributed by atoms with E-state index in [0.29, 0.717) is 5.82 Å². The summed E-state index contributed by atoms with van der Waals surface area (Å²) in [4.78, 5) is 10.0. The molecule has 0 amide bonds. The quantitative estimate of drug-likeness (QED) is 0.279. The van der Waals surface area contributed by atoms with Crippen LogP contribution in [0.4, 0.5) is 5.82 Å². The average molecular weight is 512 g/mol. The number of hydrogen-bond donors (Lipinski definition) is 3. The first-order valence-electron chi connectivity index (χ1n) is 12.5. The van der Waals surface area contributed by atoms with E-state index in [-0.39, 0.29) is 6.04 Å². The van der Waals surface area contributed by atoms with Crippen molar-refractivity contribution >= 4 is 17.2 Å². The lowest BCUT2D eigenvalue weighted by Crippen LogP contribution is -2.42. The number of likely N-dealkylation sites (N-methyl/N-ethyl adjacent to an activating group) is 1. The van der Waals surface area contributed by atoms with Gasteiger partial charge in [0.15, 0.2) is 5.82 Å². The van der Waals surface area contributed by atoms with Gasteiger partial charge in [-0.2, -0.15) is 0 Å². The second-order valence-electron chi connectivity index (χ2n) is 9.32. The van der Waals surface area contributed by atoms with Crippen LogP contribution in [0.3, 0.4) is 0 Å². The number of piperidine rings is 1. The average Bonchev–Trinajstić information content (AvgIpc) is 3.21. The van der Waals surface area contributed by atoms with Crippen LogP contribution < -0.4 is 16.0 Å². The molecule has 1 unspecified atom stereocenters. The summed E-state index contributed by atoms with van der Waals surface area (Å²) in [6, 6.07) is 8.62. The Labute approximate surface area is 216 Å². The molecule has 1 aliphatic heterocycles. The van der Waals surface area contributed by atoms with E-state index in [1.54, 1.807) is 6.26 Å². The number of hydrogen-bond acceptors (Lipinski definition) is 9. The molecule has 3 heterocycles. The van der Waals surface area contributed by atoms with Crippen molar-refractivity contribution < 1.29 is 9.08 Å². The molecule has 194 valence electrons. The van der Waals surface area contributed by atoms with Gasteiger partial charge in [-0.15, -0.1) is 4.31 Å². The van der Waals surface area contributed by atoms with Crippen molar-refractivity contribution in [1.29, 1.82) is 0 Å². The lowest BCUT2D eigenvalue weighted by atomic mass is 10.0. The normalized spacial score (nSPS) is 15.8. The van der Waals surface area contributed by atoms with Crippen molar-refractivity contribution in [1.82, 2.24) is 30.1 Å².